The fraction of sp³-hybridized carbons (Fsp3) is 0.250. The maximum absolute atomic E-state index is 10.6. The van der Waals surface area contributed by atoms with Gasteiger partial charge in [-0.25, -0.2) is 9.97 Å². The van der Waals surface area contributed by atoms with E-state index < -0.39 is 5.91 Å². The van der Waals surface area contributed by atoms with Crippen molar-refractivity contribution in [2.24, 2.45) is 5.73 Å². The van der Waals surface area contributed by atoms with E-state index >= 15 is 0 Å². The Kier molecular flexibility index (Phi) is 2.62. The van der Waals surface area contributed by atoms with Crippen LogP contribution in [0.2, 0.25) is 0 Å². The summed E-state index contributed by atoms with van der Waals surface area (Å²) in [4.78, 5) is 18.3. The van der Waals surface area contributed by atoms with Crippen LogP contribution in [0.1, 0.15) is 17.1 Å². The molecule has 0 bridgehead atoms. The van der Waals surface area contributed by atoms with E-state index in [1.54, 1.807) is 6.92 Å². The van der Waals surface area contributed by atoms with E-state index in [4.69, 9.17) is 16.7 Å². The second-order valence-corrected chi connectivity index (χ2v) is 2.74. The van der Waals surface area contributed by atoms with Crippen LogP contribution in [-0.4, -0.2) is 15.9 Å². The monoisotopic (exact) mass is 191 g/mol. The predicted octanol–water partition coefficient (Wildman–Crippen LogP) is -0.733. The van der Waals surface area contributed by atoms with Crippen molar-refractivity contribution in [2.45, 2.75) is 13.3 Å². The third kappa shape index (κ3) is 1.95. The summed E-state index contributed by atoms with van der Waals surface area (Å²) in [5, 5.41) is 8.67. The van der Waals surface area contributed by atoms with Crippen LogP contribution in [0.3, 0.4) is 0 Å². The van der Waals surface area contributed by atoms with E-state index in [9.17, 15) is 4.79 Å². The lowest BCUT2D eigenvalue weighted by Gasteiger charge is -2.03. The molecule has 0 atom stereocenters. The minimum atomic E-state index is -0.534. The number of carbonyl (C=O) groups excluding carboxylic acids is 1. The average molecular weight is 191 g/mol. The van der Waals surface area contributed by atoms with E-state index in [2.05, 4.69) is 9.97 Å². The summed E-state index contributed by atoms with van der Waals surface area (Å²) < 4.78 is 0. The third-order valence-corrected chi connectivity index (χ3v) is 1.61. The number of anilines is 1. The maximum Gasteiger partial charge on any atom is 0.225 e. The van der Waals surface area contributed by atoms with Crippen LogP contribution in [0.5, 0.6) is 0 Å². The Labute approximate surface area is 80.6 Å². The second-order valence-electron chi connectivity index (χ2n) is 2.74. The van der Waals surface area contributed by atoms with Gasteiger partial charge in [-0.15, -0.1) is 0 Å². The molecule has 14 heavy (non-hydrogen) atoms. The summed E-state index contributed by atoms with van der Waals surface area (Å²) in [7, 11) is 0. The highest BCUT2D eigenvalue weighted by atomic mass is 16.1. The number of aryl methyl sites for hydroxylation is 1. The molecule has 6 nitrogen and oxygen atoms in total. The fourth-order valence-corrected chi connectivity index (χ4v) is 1.03. The lowest BCUT2D eigenvalue weighted by Crippen LogP contribution is -2.17. The highest BCUT2D eigenvalue weighted by molar-refractivity contribution is 5.75. The van der Waals surface area contributed by atoms with Crippen molar-refractivity contribution < 1.29 is 4.79 Å². The normalized spacial score (nSPS) is 9.43. The highest BCUT2D eigenvalue weighted by Gasteiger charge is 2.09. The summed E-state index contributed by atoms with van der Waals surface area (Å²) in [5.41, 5.74) is 11.1. The van der Waals surface area contributed by atoms with Crippen molar-refractivity contribution in [3.05, 3.63) is 17.1 Å². The number of aromatic nitrogens is 2. The Hall–Kier alpha value is -2.16. The van der Waals surface area contributed by atoms with Gasteiger partial charge in [-0.05, 0) is 6.92 Å². The molecule has 0 aliphatic carbocycles. The first-order valence-electron chi connectivity index (χ1n) is 3.86. The standard InChI is InChI=1S/C8H9N5O/c1-4-5(3-9)8(11)13-7(12-4)2-6(10)14/h2H2,1H3,(H2,10,14)(H2,11,12,13). The number of carbonyl (C=O) groups is 1. The second kappa shape index (κ2) is 3.70. The molecule has 1 aromatic heterocycles. The quantitative estimate of drug-likeness (QED) is 0.638. The zero-order chi connectivity index (χ0) is 10.7. The molecule has 0 aliphatic heterocycles. The molecule has 0 aromatic carbocycles. The van der Waals surface area contributed by atoms with Gasteiger partial charge >= 0.3 is 0 Å². The van der Waals surface area contributed by atoms with Gasteiger partial charge in [0.1, 0.15) is 23.3 Å². The van der Waals surface area contributed by atoms with Crippen molar-refractivity contribution in [2.75, 3.05) is 5.73 Å². The van der Waals surface area contributed by atoms with Gasteiger partial charge in [-0.3, -0.25) is 4.79 Å². The number of nitrogens with zero attached hydrogens (tertiary/aromatic N) is 3. The molecule has 1 amide bonds. The van der Waals surface area contributed by atoms with Gasteiger partial charge in [0.15, 0.2) is 0 Å². The third-order valence-electron chi connectivity index (χ3n) is 1.61. The first-order chi connectivity index (χ1) is 6.54. The van der Waals surface area contributed by atoms with Gasteiger partial charge in [0.2, 0.25) is 5.91 Å². The number of primary amides is 1. The molecular weight excluding hydrogens is 182 g/mol. The maximum atomic E-state index is 10.6. The van der Waals surface area contributed by atoms with Gasteiger partial charge in [-0.1, -0.05) is 0 Å². The van der Waals surface area contributed by atoms with Crippen LogP contribution in [0.25, 0.3) is 0 Å². The first-order valence-corrected chi connectivity index (χ1v) is 3.86. The van der Waals surface area contributed by atoms with Crippen molar-refractivity contribution in [3.63, 3.8) is 0 Å². The average Bonchev–Trinajstić information content (AvgIpc) is 2.01. The number of nitriles is 1. The highest BCUT2D eigenvalue weighted by Crippen LogP contribution is 2.11. The van der Waals surface area contributed by atoms with Gasteiger partial charge in [-0.2, -0.15) is 5.26 Å². The van der Waals surface area contributed by atoms with Crippen LogP contribution in [0, 0.1) is 18.3 Å². The molecule has 4 N–H and O–H groups in total. The van der Waals surface area contributed by atoms with Crippen molar-refractivity contribution >= 4 is 11.7 Å². The molecule has 0 radical (unpaired) electrons. The molecule has 0 saturated heterocycles. The number of rotatable bonds is 2. The lowest BCUT2D eigenvalue weighted by molar-refractivity contribution is -0.117. The number of amides is 1. The molecule has 6 heteroatoms. The van der Waals surface area contributed by atoms with Gasteiger partial charge in [0.05, 0.1) is 12.1 Å². The van der Waals surface area contributed by atoms with Crippen molar-refractivity contribution in [1.82, 2.24) is 9.97 Å². The van der Waals surface area contributed by atoms with Crippen molar-refractivity contribution in [1.29, 1.82) is 5.26 Å². The fourth-order valence-electron chi connectivity index (χ4n) is 1.03. The Morgan fingerprint density at radius 1 is 1.57 bits per heavy atom. The summed E-state index contributed by atoms with van der Waals surface area (Å²) >= 11 is 0. The largest absolute Gasteiger partial charge is 0.382 e. The summed E-state index contributed by atoms with van der Waals surface area (Å²) in [5.74, 6) is -0.212. The molecule has 1 heterocycles. The van der Waals surface area contributed by atoms with E-state index in [0.717, 1.165) is 0 Å². The Balaban J connectivity index is 3.15. The zero-order valence-corrected chi connectivity index (χ0v) is 7.61. The molecule has 0 spiro atoms. The summed E-state index contributed by atoms with van der Waals surface area (Å²) in [6, 6.07) is 1.88. The first kappa shape index (κ1) is 9.92. The molecule has 0 unspecified atom stereocenters. The van der Waals surface area contributed by atoms with Crippen LogP contribution in [-0.2, 0) is 11.2 Å². The number of nitrogens with two attached hydrogens (primary N) is 2. The zero-order valence-electron chi connectivity index (χ0n) is 7.61. The Bertz CT molecular complexity index is 397. The van der Waals surface area contributed by atoms with Gasteiger partial charge in [0.25, 0.3) is 0 Å². The van der Waals surface area contributed by atoms with E-state index in [-0.39, 0.29) is 23.6 Å². The number of hydrogen-bond donors (Lipinski definition) is 2. The van der Waals surface area contributed by atoms with Crippen LogP contribution >= 0.6 is 0 Å². The number of hydrogen-bond acceptors (Lipinski definition) is 5. The summed E-state index contributed by atoms with van der Waals surface area (Å²) in [6.45, 7) is 1.63. The number of nitrogen functional groups attached to an aromatic ring is 1. The van der Waals surface area contributed by atoms with Gasteiger partial charge < -0.3 is 11.5 Å². The Morgan fingerprint density at radius 2 is 2.21 bits per heavy atom. The van der Waals surface area contributed by atoms with Crippen LogP contribution in [0.4, 0.5) is 5.82 Å². The van der Waals surface area contributed by atoms with E-state index in [1.807, 2.05) is 6.07 Å². The molecule has 0 fully saturated rings. The molecule has 72 valence electrons. The molecular formula is C8H9N5O. The van der Waals surface area contributed by atoms with Crippen LogP contribution < -0.4 is 11.5 Å². The SMILES string of the molecule is Cc1nc(CC(N)=O)nc(N)c1C#N. The summed E-state index contributed by atoms with van der Waals surface area (Å²) in [6.07, 6.45) is -0.0727. The molecule has 0 saturated carbocycles. The minimum absolute atomic E-state index is 0.0727. The lowest BCUT2D eigenvalue weighted by atomic mass is 10.2. The smallest absolute Gasteiger partial charge is 0.225 e. The topological polar surface area (TPSA) is 119 Å². The van der Waals surface area contributed by atoms with Crippen LogP contribution in [0.15, 0.2) is 0 Å². The molecule has 1 rings (SSSR count). The predicted molar refractivity (Wildman–Crippen MR) is 48.8 cm³/mol. The minimum Gasteiger partial charge on any atom is -0.382 e. The molecule has 1 aromatic rings. The van der Waals surface area contributed by atoms with Gasteiger partial charge in [0, 0.05) is 0 Å². The Morgan fingerprint density at radius 3 is 2.64 bits per heavy atom. The molecule has 0 aliphatic rings. The van der Waals surface area contributed by atoms with E-state index in [1.165, 1.54) is 0 Å². The van der Waals surface area contributed by atoms with Crippen molar-refractivity contribution in [3.8, 4) is 6.07 Å². The van der Waals surface area contributed by atoms with E-state index in [0.29, 0.717) is 5.69 Å².